The van der Waals surface area contributed by atoms with E-state index < -0.39 is 186 Å². The van der Waals surface area contributed by atoms with Crippen LogP contribution in [0, 0.1) is 35.0 Å². The Hall–Kier alpha value is -6.62. The van der Waals surface area contributed by atoms with Gasteiger partial charge in [0.05, 0.1) is 43.0 Å². The Balaban J connectivity index is 1.49. The second-order valence-corrected chi connectivity index (χ2v) is 32.6. The molecule has 0 aromatic rings. The molecule has 106 heavy (non-hydrogen) atoms. The van der Waals surface area contributed by atoms with Crippen LogP contribution >= 0.6 is 11.6 Å². The fourth-order valence-electron chi connectivity index (χ4n) is 17.1. The quantitative estimate of drug-likeness (QED) is 0.116. The number of halogens is 4. The van der Waals surface area contributed by atoms with Crippen LogP contribution in [0.25, 0.3) is 0 Å². The standard InChI is InChI=1S/C76H124ClF3N12O14/c1-18-26-54-65(96)82-63(46(6)19-2)71(102)86(12)43-62(95)88(14)55-27-24-23-25-36-91(70(55)101)58(37-47-28-32-50(33-29-47)76(78,79)80)69(100)85(11)42-60(93)81-53(35-31-48-30-34-52(77)59(38-48)105-17)67(98)92-41-51(106-22-5)39-56(92)66(97)83-75(44-74(7,8)45-75)73(104)90(16)64(49(20-3)21-4)72(103)89(15)57(68(99)84(9)10)40-61(94)87(54)13/h23-24,46-59,63-64H,18-22,25-45H2,1-17H3,(H,81,93)(H,82,96)(H,83,97)/b24-23-/t46-,47?,48?,50?,51+,52?,53-,54-,55-,56-,57-,58-,59?,63-,64-/m0/s1. The van der Waals surface area contributed by atoms with Gasteiger partial charge in [0.15, 0.2) is 0 Å². The molecule has 2 saturated heterocycles. The molecule has 1 spiro atoms. The molecule has 2 bridgehead atoms. The highest BCUT2D eigenvalue weighted by Crippen LogP contribution is 2.50. The molecule has 3 aliphatic carbocycles. The zero-order chi connectivity index (χ0) is 79.2. The van der Waals surface area contributed by atoms with Gasteiger partial charge < -0.3 is 69.5 Å². The topological polar surface area (TPSA) is 289 Å². The predicted molar refractivity (Wildman–Crippen MR) is 394 cm³/mol. The molecule has 3 heterocycles. The van der Waals surface area contributed by atoms with E-state index in [1.165, 1.54) is 90.7 Å². The number of carbonyl (C=O) groups is 12. The summed E-state index contributed by atoms with van der Waals surface area (Å²) < 4.78 is 54.4. The summed E-state index contributed by atoms with van der Waals surface area (Å²) in [5, 5.41) is 8.64. The molecular weight excluding hydrogens is 1400 g/mol. The number of fused-ring (bicyclic) bond motifs is 3. The minimum absolute atomic E-state index is 0.00877. The van der Waals surface area contributed by atoms with Crippen molar-refractivity contribution < 1.29 is 80.2 Å². The molecule has 26 nitrogen and oxygen atoms in total. The fraction of sp³-hybridized carbons (Fsp3) is 0.816. The van der Waals surface area contributed by atoms with Crippen LogP contribution < -0.4 is 16.0 Å². The van der Waals surface area contributed by atoms with Crippen molar-refractivity contribution in [1.29, 1.82) is 0 Å². The van der Waals surface area contributed by atoms with Gasteiger partial charge in [0.25, 0.3) is 0 Å². The Labute approximate surface area is 631 Å². The van der Waals surface area contributed by atoms with Crippen molar-refractivity contribution in [2.75, 3.05) is 96.3 Å². The van der Waals surface area contributed by atoms with Gasteiger partial charge in [-0.3, -0.25) is 57.5 Å². The third-order valence-corrected chi connectivity index (χ3v) is 24.1. The van der Waals surface area contributed by atoms with Crippen LogP contribution in [0.3, 0.4) is 0 Å². The van der Waals surface area contributed by atoms with Crippen molar-refractivity contribution in [3.05, 3.63) is 12.2 Å². The van der Waals surface area contributed by atoms with Gasteiger partial charge >= 0.3 is 6.18 Å². The number of rotatable bonds is 16. The van der Waals surface area contributed by atoms with Crippen LogP contribution in [0.2, 0.25) is 0 Å². The Morgan fingerprint density at radius 1 is 0.679 bits per heavy atom. The Bertz CT molecular complexity index is 3120. The van der Waals surface area contributed by atoms with E-state index in [9.17, 15) is 41.9 Å². The van der Waals surface area contributed by atoms with E-state index in [1.54, 1.807) is 40.0 Å². The molecule has 3 N–H and O–H groups in total. The van der Waals surface area contributed by atoms with Crippen molar-refractivity contribution in [2.45, 2.75) is 268 Å². The summed E-state index contributed by atoms with van der Waals surface area (Å²) in [6, 6.07) is -10.4. The van der Waals surface area contributed by atoms with E-state index in [-0.39, 0.29) is 114 Å². The first-order valence-electron chi connectivity index (χ1n) is 38.5. The number of methoxy groups -OCH3 is 1. The minimum Gasteiger partial charge on any atom is -0.380 e. The predicted octanol–water partition coefficient (Wildman–Crippen LogP) is 6.14. The average Bonchev–Trinajstić information content (AvgIpc) is 0.894. The van der Waals surface area contributed by atoms with Crippen molar-refractivity contribution >= 4 is 82.5 Å². The maximum atomic E-state index is 15.8. The van der Waals surface area contributed by atoms with E-state index in [0.29, 0.717) is 51.4 Å². The highest BCUT2D eigenvalue weighted by Gasteiger charge is 2.59. The lowest BCUT2D eigenvalue weighted by Crippen LogP contribution is -2.71. The van der Waals surface area contributed by atoms with Crippen LogP contribution in [-0.2, 0) is 67.0 Å². The number of nitrogens with zero attached hydrogens (tertiary/aromatic N) is 9. The number of amides is 12. The SMILES string of the molecule is CCC[C@H]1C(=O)N[C@@H]([C@@H](C)CC)C(=O)N(C)CC(=O)N(C)[C@H]2C/C=C\CCN(C2=O)[C@@H](CC2CCC(C(F)(F)F)CC2)C(=O)N(C)CC(=O)N[C@@H](CCC2CCC(Cl)C(OC)C2)C(=O)N2C[C@H](OCC)C[C@H]2C(=O)NC2(CC(C)(C)C2)C(=O)N(C)[C@@H](C(CC)CC)C(=O)N(C)[C@H](C(=O)N(C)C)CC(=O)N1C. The molecule has 0 radical (unpaired) electrons. The van der Waals surface area contributed by atoms with E-state index >= 15 is 28.8 Å². The minimum atomic E-state index is -4.44. The van der Waals surface area contributed by atoms with E-state index in [2.05, 4.69) is 16.0 Å². The molecule has 13 atom stereocenters. The number of nitrogens with one attached hydrogen (secondary N) is 3. The smallest absolute Gasteiger partial charge is 0.380 e. The van der Waals surface area contributed by atoms with Crippen LogP contribution in [0.1, 0.15) is 190 Å². The van der Waals surface area contributed by atoms with E-state index in [0.717, 1.165) is 9.80 Å². The first-order chi connectivity index (χ1) is 49.7. The molecular formula is C76H124ClF3N12O14. The second kappa shape index (κ2) is 38.6. The molecule has 3 saturated carbocycles. The lowest BCUT2D eigenvalue weighted by atomic mass is 9.58. The second-order valence-electron chi connectivity index (χ2n) is 32.0. The molecule has 0 aromatic carbocycles. The summed E-state index contributed by atoms with van der Waals surface area (Å²) in [5.74, 6) is -11.3. The Morgan fingerprint density at radius 2 is 1.31 bits per heavy atom. The zero-order valence-electron chi connectivity index (χ0n) is 66.0. The maximum Gasteiger partial charge on any atom is 0.391 e. The molecule has 3 unspecified atom stereocenters. The average molecular weight is 1520 g/mol. The lowest BCUT2D eigenvalue weighted by Gasteiger charge is -2.54. The van der Waals surface area contributed by atoms with Crippen LogP contribution in [-0.4, -0.2) is 289 Å². The highest BCUT2D eigenvalue weighted by atomic mass is 35.5. The summed E-state index contributed by atoms with van der Waals surface area (Å²) in [6.07, 6.45) is 1.48. The third kappa shape index (κ3) is 21.7. The lowest BCUT2D eigenvalue weighted by molar-refractivity contribution is -0.184. The van der Waals surface area contributed by atoms with E-state index in [4.69, 9.17) is 21.1 Å². The highest BCUT2D eigenvalue weighted by molar-refractivity contribution is 6.21. The summed E-state index contributed by atoms with van der Waals surface area (Å²) in [5.41, 5.74) is -2.16. The number of alkyl halides is 4. The van der Waals surface area contributed by atoms with Crippen molar-refractivity contribution in [3.63, 3.8) is 0 Å². The molecule has 0 aromatic heterocycles. The molecule has 6 rings (SSSR count). The van der Waals surface area contributed by atoms with E-state index in [1.807, 2.05) is 34.6 Å². The van der Waals surface area contributed by atoms with Gasteiger partial charge in [-0.15, -0.1) is 11.6 Å². The zero-order valence-corrected chi connectivity index (χ0v) is 66.8. The van der Waals surface area contributed by atoms with Crippen LogP contribution in [0.4, 0.5) is 13.2 Å². The van der Waals surface area contributed by atoms with Crippen molar-refractivity contribution in [2.24, 2.45) is 35.0 Å². The van der Waals surface area contributed by atoms with Gasteiger partial charge in [-0.05, 0) is 132 Å². The summed E-state index contributed by atoms with van der Waals surface area (Å²) in [7, 11) is 12.9. The molecule has 3 aliphatic heterocycles. The van der Waals surface area contributed by atoms with Crippen LogP contribution in [0.15, 0.2) is 12.2 Å². The van der Waals surface area contributed by atoms with Gasteiger partial charge in [0.1, 0.15) is 53.9 Å². The fourth-order valence-corrected chi connectivity index (χ4v) is 17.4. The number of ether oxygens (including phenoxy) is 2. The van der Waals surface area contributed by atoms with Crippen LogP contribution in [0.5, 0.6) is 0 Å². The van der Waals surface area contributed by atoms with Gasteiger partial charge in [0.2, 0.25) is 70.9 Å². The number of carbonyl (C=O) groups excluding carboxylic acids is 12. The van der Waals surface area contributed by atoms with Crippen molar-refractivity contribution in [3.8, 4) is 0 Å². The monoisotopic (exact) mass is 1520 g/mol. The summed E-state index contributed by atoms with van der Waals surface area (Å²) in [6.45, 7) is 13.5. The number of hydrogen-bond donors (Lipinski definition) is 3. The molecule has 12 amide bonds. The first kappa shape index (κ1) is 88.3. The van der Waals surface area contributed by atoms with Gasteiger partial charge in [0, 0.05) is 89.6 Å². The molecule has 5 fully saturated rings. The summed E-state index contributed by atoms with van der Waals surface area (Å²) in [4.78, 5) is 193. The maximum absolute atomic E-state index is 15.8. The molecule has 30 heteroatoms. The summed E-state index contributed by atoms with van der Waals surface area (Å²) >= 11 is 6.69. The Kier molecular flexibility index (Phi) is 32.2. The Morgan fingerprint density at radius 3 is 1.89 bits per heavy atom. The van der Waals surface area contributed by atoms with Gasteiger partial charge in [-0.1, -0.05) is 86.3 Å². The van der Waals surface area contributed by atoms with Crippen molar-refractivity contribution in [1.82, 2.24) is 60.0 Å². The number of hydrogen-bond acceptors (Lipinski definition) is 14. The molecule has 600 valence electrons. The van der Waals surface area contributed by atoms with Gasteiger partial charge in [-0.25, -0.2) is 0 Å². The normalized spacial score (nSPS) is 31.1. The number of likely N-dealkylation sites (N-methyl/N-ethyl adjacent to an activating group) is 7. The van der Waals surface area contributed by atoms with Gasteiger partial charge in [-0.2, -0.15) is 13.2 Å². The first-order valence-corrected chi connectivity index (χ1v) is 39.0. The largest absolute Gasteiger partial charge is 0.391 e. The molecule has 6 aliphatic rings. The third-order valence-electron chi connectivity index (χ3n) is 23.6.